The van der Waals surface area contributed by atoms with Crippen LogP contribution in [0.15, 0.2) is 0 Å². The number of likely N-dealkylation sites (tertiary alicyclic amines) is 1. The number of likely N-dealkylation sites (N-methyl/N-ethyl adjacent to an activating group) is 3. The van der Waals surface area contributed by atoms with Crippen LogP contribution in [0.2, 0.25) is 0 Å². The van der Waals surface area contributed by atoms with Gasteiger partial charge in [0.1, 0.15) is 30.0 Å². The first-order valence-electron chi connectivity index (χ1n) is 25.2. The Morgan fingerprint density at radius 1 is 0.595 bits per heavy atom. The third-order valence-corrected chi connectivity index (χ3v) is 14.0. The van der Waals surface area contributed by atoms with Gasteiger partial charge in [0.2, 0.25) is 59.1 Å². The zero-order valence-corrected chi connectivity index (χ0v) is 45.5. The topological polar surface area (TPSA) is 369 Å². The third-order valence-electron chi connectivity index (χ3n) is 11.3. The summed E-state index contributed by atoms with van der Waals surface area (Å²) in [7, 11) is 3.64. The van der Waals surface area contributed by atoms with E-state index in [4.69, 9.17) is 10.2 Å². The number of rotatable bonds is 35. The number of aliphatic hydroxyl groups excluding tert-OH is 1. The number of carbonyl (C=O) groups excluding carboxylic acids is 12. The van der Waals surface area contributed by atoms with Gasteiger partial charge in [0, 0.05) is 77.2 Å². The Morgan fingerprint density at radius 3 is 1.49 bits per heavy atom. The van der Waals surface area contributed by atoms with Gasteiger partial charge in [0.15, 0.2) is 12.1 Å². The normalized spacial score (nSPS) is 17.8. The van der Waals surface area contributed by atoms with Crippen LogP contribution in [-0.2, 0) is 57.5 Å². The van der Waals surface area contributed by atoms with Crippen molar-refractivity contribution in [2.24, 2.45) is 5.92 Å². The molecule has 1 aliphatic carbocycles. The van der Waals surface area contributed by atoms with Gasteiger partial charge in [-0.25, -0.2) is 0 Å². The molecule has 0 bridgehead atoms. The Kier molecular flexibility index (Phi) is 33.8. The average molecular weight is 1090 g/mol. The fourth-order valence-electron chi connectivity index (χ4n) is 7.62. The highest BCUT2D eigenvalue weighted by Crippen LogP contribution is 2.32. The van der Waals surface area contributed by atoms with E-state index in [1.54, 1.807) is 27.8 Å². The van der Waals surface area contributed by atoms with E-state index in [1.165, 1.54) is 25.6 Å². The number of ketones is 2. The second-order valence-electron chi connectivity index (χ2n) is 17.5. The Balaban J connectivity index is 0.000000741. The summed E-state index contributed by atoms with van der Waals surface area (Å²) in [5.74, 6) is -5.29. The molecule has 7 unspecified atom stereocenters. The number of nitrogens with zero attached hydrogens (tertiary/aromatic N) is 1. The minimum Gasteiger partial charge on any atom is -0.367 e. The summed E-state index contributed by atoms with van der Waals surface area (Å²) in [6, 6.07) is -3.23. The van der Waals surface area contributed by atoms with E-state index in [9.17, 15) is 57.5 Å². The number of imide groups is 1. The van der Waals surface area contributed by atoms with Gasteiger partial charge >= 0.3 is 0 Å². The lowest BCUT2D eigenvalue weighted by atomic mass is 9.99. The van der Waals surface area contributed by atoms with Crippen LogP contribution >= 0.6 is 23.5 Å². The summed E-state index contributed by atoms with van der Waals surface area (Å²) < 4.78 is 0. The van der Waals surface area contributed by atoms with Gasteiger partial charge in [-0.3, -0.25) is 62.4 Å². The first-order valence-corrected chi connectivity index (χ1v) is 27.3. The number of hydrogen-bond donors (Lipinski definition) is 12. The molecule has 2 rings (SSSR count). The Labute approximate surface area is 442 Å². The number of carbonyl (C=O) groups is 12. The maximum absolute atomic E-state index is 12.8. The molecule has 74 heavy (non-hydrogen) atoms. The first-order chi connectivity index (χ1) is 35.1. The molecule has 10 amide bonds. The second-order valence-corrected chi connectivity index (χ2v) is 20.0. The van der Waals surface area contributed by atoms with Crippen LogP contribution in [0.4, 0.5) is 0 Å². The highest BCUT2D eigenvalue weighted by molar-refractivity contribution is 8.01. The predicted molar refractivity (Wildman–Crippen MR) is 278 cm³/mol. The Bertz CT molecular complexity index is 1900. The van der Waals surface area contributed by atoms with Crippen molar-refractivity contribution >= 4 is 94.2 Å². The number of hydrogen-bond acceptors (Lipinski definition) is 18. The number of unbranched alkanes of at least 4 members (excludes halogenated alkanes) is 2. The van der Waals surface area contributed by atoms with Gasteiger partial charge in [-0.2, -0.15) is 0 Å². The number of aliphatic hydroxyl groups is 2. The number of amides is 10. The predicted octanol–water partition coefficient (Wildman–Crippen LogP) is -3.14. The molecule has 12 N–H and O–H groups in total. The van der Waals surface area contributed by atoms with Crippen molar-refractivity contribution in [1.29, 1.82) is 0 Å². The van der Waals surface area contributed by atoms with Crippen LogP contribution in [0.1, 0.15) is 105 Å². The first kappa shape index (κ1) is 66.8. The van der Waals surface area contributed by atoms with E-state index in [2.05, 4.69) is 53.2 Å². The van der Waals surface area contributed by atoms with Crippen molar-refractivity contribution in [1.82, 2.24) is 58.1 Å². The number of Topliss-reactive ketones (excluding diaryl/α,β-unsaturated/α-hetero) is 2. The maximum Gasteiger partial charge on any atom is 0.243 e. The fourth-order valence-corrected chi connectivity index (χ4v) is 10.1. The fraction of sp³-hybridized carbons (Fsp3) is 0.745. The number of thioether (sulfide) groups is 2. The summed E-state index contributed by atoms with van der Waals surface area (Å²) >= 11 is 2.25. The molecule has 1 aliphatic heterocycles. The molecule has 0 aromatic heterocycles. The minimum atomic E-state index is -1.73. The Hall–Kier alpha value is -5.22. The maximum atomic E-state index is 12.8. The monoisotopic (exact) mass is 1090 g/mol. The molecule has 25 nitrogen and oxygen atoms in total. The van der Waals surface area contributed by atoms with Crippen LogP contribution < -0.4 is 53.2 Å². The van der Waals surface area contributed by atoms with Gasteiger partial charge in [-0.1, -0.05) is 0 Å². The molecule has 27 heteroatoms. The van der Waals surface area contributed by atoms with E-state index in [0.717, 1.165) is 49.0 Å². The molecule has 2 aliphatic rings. The molecule has 0 aromatic rings. The summed E-state index contributed by atoms with van der Waals surface area (Å²) in [4.78, 5) is 149. The van der Waals surface area contributed by atoms with Gasteiger partial charge < -0.3 is 63.4 Å². The van der Waals surface area contributed by atoms with Crippen molar-refractivity contribution < 1.29 is 67.7 Å². The van der Waals surface area contributed by atoms with Gasteiger partial charge in [0.05, 0.1) is 23.0 Å². The molecule has 1 saturated carbocycles. The van der Waals surface area contributed by atoms with E-state index in [1.807, 2.05) is 7.05 Å². The lowest BCUT2D eigenvalue weighted by Crippen LogP contribution is -2.49. The quantitative estimate of drug-likeness (QED) is 0.0129. The van der Waals surface area contributed by atoms with Gasteiger partial charge in [-0.15, -0.1) is 23.5 Å². The van der Waals surface area contributed by atoms with Crippen molar-refractivity contribution in [3.05, 3.63) is 0 Å². The standard InChI is InChI=1S/C24H41N5O6S.C23H40N6O8S/c1-5-26-23(34)17(9-7-8-12-25-4)29-21(32)11-10-16-19(31)13-20(22(16)33)36-14-18(28-15(3)30)24(35)27-6-2;1-4-25-22(36)16(27-14(2)30)13-38-17-11-19(32)29(23(17)37)10-8-18(31)28-15(7-5-6-9-24-3)21(35)26-12-20(33)34/h16-18,20,25H,5-14H2,1-4H3,(H,26,34)(H,27,35)(H,28,30)(H,29,32);15-17,20,24,33-34H,4-13H2,1-3H3,(H,25,36)(H,26,35)(H,27,30)(H,28,31). The molecule has 1 heterocycles. The van der Waals surface area contributed by atoms with Crippen LogP contribution in [-0.4, -0.2) is 198 Å². The van der Waals surface area contributed by atoms with Crippen LogP contribution in [0.25, 0.3) is 0 Å². The van der Waals surface area contributed by atoms with E-state index in [-0.39, 0.29) is 91.9 Å². The van der Waals surface area contributed by atoms with E-state index >= 15 is 0 Å². The van der Waals surface area contributed by atoms with Crippen molar-refractivity contribution in [3.63, 3.8) is 0 Å². The van der Waals surface area contributed by atoms with Crippen LogP contribution in [0, 0.1) is 5.92 Å². The van der Waals surface area contributed by atoms with Gasteiger partial charge in [0.25, 0.3) is 0 Å². The highest BCUT2D eigenvalue weighted by Gasteiger charge is 2.42. The molecular formula is C47H81N11O14S2. The van der Waals surface area contributed by atoms with Crippen molar-refractivity contribution in [3.8, 4) is 0 Å². The van der Waals surface area contributed by atoms with E-state index < -0.39 is 82.3 Å². The second kappa shape index (κ2) is 37.5. The summed E-state index contributed by atoms with van der Waals surface area (Å²) in [5, 5.41) is 43.4. The smallest absolute Gasteiger partial charge is 0.243 e. The average Bonchev–Trinajstić information content (AvgIpc) is 3.77. The lowest BCUT2D eigenvalue weighted by Gasteiger charge is -2.20. The lowest BCUT2D eigenvalue weighted by molar-refractivity contribution is -0.139. The summed E-state index contributed by atoms with van der Waals surface area (Å²) in [6.45, 7) is 10.1. The zero-order valence-electron chi connectivity index (χ0n) is 43.8. The molecule has 0 spiro atoms. The highest BCUT2D eigenvalue weighted by atomic mass is 32.2. The largest absolute Gasteiger partial charge is 0.367 e. The van der Waals surface area contributed by atoms with Crippen molar-refractivity contribution in [2.45, 2.75) is 146 Å². The van der Waals surface area contributed by atoms with Crippen molar-refractivity contribution in [2.75, 3.05) is 71.4 Å². The van der Waals surface area contributed by atoms with Crippen LogP contribution in [0.5, 0.6) is 0 Å². The minimum absolute atomic E-state index is 0.0327. The zero-order chi connectivity index (χ0) is 55.8. The molecule has 2 fully saturated rings. The molecule has 7 atom stereocenters. The van der Waals surface area contributed by atoms with E-state index in [0.29, 0.717) is 38.9 Å². The third kappa shape index (κ3) is 26.3. The van der Waals surface area contributed by atoms with Gasteiger partial charge in [-0.05, 0) is 92.9 Å². The molecule has 420 valence electrons. The molecule has 0 radical (unpaired) electrons. The Morgan fingerprint density at radius 2 is 1.04 bits per heavy atom. The molecular weight excluding hydrogens is 1010 g/mol. The van der Waals surface area contributed by atoms with Crippen LogP contribution in [0.3, 0.4) is 0 Å². The molecule has 0 aromatic carbocycles. The summed E-state index contributed by atoms with van der Waals surface area (Å²) in [5.41, 5.74) is 0. The molecule has 1 saturated heterocycles. The number of nitrogens with one attached hydrogen (secondary N) is 10. The SMILES string of the molecule is CCNC(=O)C(CSC1CC(=O)C(CCC(=O)NC(CCCCNC)C(=O)NCC)C1=O)NC(C)=O.CCNC(=O)C(CSC1CC(=O)N(CCC(=O)NC(CCCCNC)C(=O)NCC(O)O)C1=O)NC(C)=O. The summed E-state index contributed by atoms with van der Waals surface area (Å²) in [6.07, 6.45) is 1.87.